The van der Waals surface area contributed by atoms with Gasteiger partial charge in [0.2, 0.25) is 10.0 Å². The largest absolute Gasteiger partial charge is 0.377 e. The third kappa shape index (κ3) is 4.75. The van der Waals surface area contributed by atoms with Crippen molar-refractivity contribution in [1.82, 2.24) is 9.62 Å². The van der Waals surface area contributed by atoms with Crippen LogP contribution in [-0.4, -0.2) is 51.0 Å². The zero-order valence-electron chi connectivity index (χ0n) is 17.1. The van der Waals surface area contributed by atoms with Crippen molar-refractivity contribution in [2.24, 2.45) is 11.3 Å². The normalized spacial score (nSPS) is 24.2. The molecule has 1 aromatic carbocycles. The minimum atomic E-state index is -3.52. The highest BCUT2D eigenvalue weighted by atomic mass is 32.2. The number of hydrogen-bond donors (Lipinski definition) is 1. The number of ether oxygens (including phenoxy) is 1. The van der Waals surface area contributed by atoms with Crippen LogP contribution < -0.4 is 5.32 Å². The standard InChI is InChI=1S/C21H32N2O4S/c1-21(2,3)19-17(9-7-13-27-19)15-22-20(24)16-8-6-10-18(14-16)28(25,26)23-11-4-5-12-23/h6,8,10,14,17,19H,4-5,7,9,11-13,15H2,1-3H3,(H,22,24). The fraction of sp³-hybridized carbons (Fsp3) is 0.667. The average Bonchev–Trinajstić information content (AvgIpc) is 3.21. The Morgan fingerprint density at radius 1 is 1.21 bits per heavy atom. The molecular weight excluding hydrogens is 376 g/mol. The quantitative estimate of drug-likeness (QED) is 0.813. The lowest BCUT2D eigenvalue weighted by molar-refractivity contribution is -0.0839. The maximum Gasteiger partial charge on any atom is 0.251 e. The number of nitrogens with one attached hydrogen (secondary N) is 1. The lowest BCUT2D eigenvalue weighted by Gasteiger charge is -2.40. The molecule has 2 atom stereocenters. The molecule has 0 aromatic heterocycles. The summed E-state index contributed by atoms with van der Waals surface area (Å²) in [5, 5.41) is 2.99. The second kappa shape index (κ2) is 8.51. The van der Waals surface area contributed by atoms with E-state index in [1.165, 1.54) is 10.4 Å². The van der Waals surface area contributed by atoms with Gasteiger partial charge in [0.05, 0.1) is 11.0 Å². The number of carbonyl (C=O) groups is 1. The van der Waals surface area contributed by atoms with E-state index in [9.17, 15) is 13.2 Å². The van der Waals surface area contributed by atoms with Gasteiger partial charge >= 0.3 is 0 Å². The van der Waals surface area contributed by atoms with E-state index < -0.39 is 10.0 Å². The van der Waals surface area contributed by atoms with Crippen molar-refractivity contribution in [2.45, 2.75) is 57.5 Å². The molecule has 2 unspecified atom stereocenters. The van der Waals surface area contributed by atoms with Crippen LogP contribution in [0.15, 0.2) is 29.2 Å². The van der Waals surface area contributed by atoms with Gasteiger partial charge in [0.15, 0.2) is 0 Å². The summed E-state index contributed by atoms with van der Waals surface area (Å²) in [6, 6.07) is 6.35. The van der Waals surface area contributed by atoms with Crippen LogP contribution in [0.3, 0.4) is 0 Å². The molecule has 2 aliphatic heterocycles. The Hall–Kier alpha value is -1.44. The summed E-state index contributed by atoms with van der Waals surface area (Å²) < 4.78 is 33.0. The van der Waals surface area contributed by atoms with E-state index >= 15 is 0 Å². The summed E-state index contributed by atoms with van der Waals surface area (Å²) in [7, 11) is -3.52. The molecule has 0 saturated carbocycles. The van der Waals surface area contributed by atoms with E-state index in [-0.39, 0.29) is 28.2 Å². The first kappa shape index (κ1) is 21.3. The topological polar surface area (TPSA) is 75.7 Å². The Morgan fingerprint density at radius 2 is 1.93 bits per heavy atom. The second-order valence-electron chi connectivity index (χ2n) is 8.91. The smallest absolute Gasteiger partial charge is 0.251 e. The number of hydrogen-bond acceptors (Lipinski definition) is 4. The first-order chi connectivity index (χ1) is 13.2. The van der Waals surface area contributed by atoms with Crippen molar-refractivity contribution in [3.8, 4) is 0 Å². The molecule has 2 fully saturated rings. The molecule has 3 rings (SSSR count). The van der Waals surface area contributed by atoms with Gasteiger partial charge in [0.1, 0.15) is 0 Å². The Kier molecular flexibility index (Phi) is 6.47. The molecule has 0 radical (unpaired) electrons. The van der Waals surface area contributed by atoms with E-state index in [2.05, 4.69) is 26.1 Å². The Labute approximate surface area is 168 Å². The zero-order valence-corrected chi connectivity index (χ0v) is 17.9. The molecule has 1 N–H and O–H groups in total. The minimum absolute atomic E-state index is 0.0134. The van der Waals surface area contributed by atoms with Crippen LogP contribution in [0.25, 0.3) is 0 Å². The fourth-order valence-electron chi connectivity index (χ4n) is 4.21. The molecule has 1 aromatic rings. The molecule has 2 heterocycles. The number of nitrogens with zero attached hydrogens (tertiary/aromatic N) is 1. The number of amides is 1. The van der Waals surface area contributed by atoms with Crippen molar-refractivity contribution in [2.75, 3.05) is 26.2 Å². The van der Waals surface area contributed by atoms with E-state index in [0.717, 1.165) is 32.3 Å². The molecule has 0 aliphatic carbocycles. The van der Waals surface area contributed by atoms with Crippen LogP contribution >= 0.6 is 0 Å². The number of benzene rings is 1. The Balaban J connectivity index is 1.68. The van der Waals surface area contributed by atoms with Crippen LogP contribution in [0.2, 0.25) is 0 Å². The molecule has 156 valence electrons. The van der Waals surface area contributed by atoms with Gasteiger partial charge in [-0.25, -0.2) is 8.42 Å². The molecule has 28 heavy (non-hydrogen) atoms. The first-order valence-corrected chi connectivity index (χ1v) is 11.6. The number of sulfonamides is 1. The van der Waals surface area contributed by atoms with Crippen molar-refractivity contribution in [3.05, 3.63) is 29.8 Å². The van der Waals surface area contributed by atoms with E-state index in [1.807, 2.05) is 0 Å². The number of carbonyl (C=O) groups excluding carboxylic acids is 1. The lowest BCUT2D eigenvalue weighted by Crippen LogP contribution is -2.45. The Bertz CT molecular complexity index is 795. The summed E-state index contributed by atoms with van der Waals surface area (Å²) in [5.41, 5.74) is 0.392. The van der Waals surface area contributed by atoms with Gasteiger partial charge < -0.3 is 10.1 Å². The summed E-state index contributed by atoms with van der Waals surface area (Å²) in [6.45, 7) is 8.87. The monoisotopic (exact) mass is 408 g/mol. The highest BCUT2D eigenvalue weighted by Crippen LogP contribution is 2.33. The molecule has 2 aliphatic rings. The van der Waals surface area contributed by atoms with Gasteiger partial charge in [-0.05, 0) is 49.3 Å². The first-order valence-electron chi connectivity index (χ1n) is 10.2. The third-order valence-corrected chi connectivity index (χ3v) is 7.52. The summed E-state index contributed by atoms with van der Waals surface area (Å²) in [5.74, 6) is 0.0194. The van der Waals surface area contributed by atoms with Gasteiger partial charge in [-0.1, -0.05) is 26.8 Å². The molecule has 1 amide bonds. The second-order valence-corrected chi connectivity index (χ2v) is 10.8. The summed E-state index contributed by atoms with van der Waals surface area (Å²) in [4.78, 5) is 12.9. The van der Waals surface area contributed by atoms with Crippen LogP contribution in [0.5, 0.6) is 0 Å². The van der Waals surface area contributed by atoms with Crippen molar-refractivity contribution in [1.29, 1.82) is 0 Å². The van der Waals surface area contributed by atoms with Gasteiger partial charge in [0.25, 0.3) is 5.91 Å². The lowest BCUT2D eigenvalue weighted by atomic mass is 9.78. The third-order valence-electron chi connectivity index (χ3n) is 5.62. The van der Waals surface area contributed by atoms with Crippen molar-refractivity contribution in [3.63, 3.8) is 0 Å². The Morgan fingerprint density at radius 3 is 2.61 bits per heavy atom. The highest BCUT2D eigenvalue weighted by Gasteiger charge is 2.35. The maximum atomic E-state index is 12.7. The van der Waals surface area contributed by atoms with Crippen molar-refractivity contribution < 1.29 is 17.9 Å². The van der Waals surface area contributed by atoms with Crippen LogP contribution in [-0.2, 0) is 14.8 Å². The number of rotatable bonds is 5. The average molecular weight is 409 g/mol. The molecular formula is C21H32N2O4S. The predicted octanol–water partition coefficient (Wildman–Crippen LogP) is 3.04. The zero-order chi connectivity index (χ0) is 20.4. The minimum Gasteiger partial charge on any atom is -0.377 e. The van der Waals surface area contributed by atoms with Crippen LogP contribution in [0.1, 0.15) is 56.8 Å². The van der Waals surface area contributed by atoms with Gasteiger partial charge in [-0.15, -0.1) is 0 Å². The van der Waals surface area contributed by atoms with E-state index in [0.29, 0.717) is 25.2 Å². The van der Waals surface area contributed by atoms with Crippen LogP contribution in [0.4, 0.5) is 0 Å². The fourth-order valence-corrected chi connectivity index (χ4v) is 5.77. The predicted molar refractivity (Wildman–Crippen MR) is 109 cm³/mol. The molecule has 0 bridgehead atoms. The van der Waals surface area contributed by atoms with E-state index in [1.54, 1.807) is 18.2 Å². The maximum absolute atomic E-state index is 12.7. The van der Waals surface area contributed by atoms with Gasteiger partial charge in [0, 0.05) is 37.7 Å². The van der Waals surface area contributed by atoms with Crippen LogP contribution in [0, 0.1) is 11.3 Å². The SMILES string of the molecule is CC(C)(C)C1OCCCC1CNC(=O)c1cccc(S(=O)(=O)N2CCCC2)c1. The van der Waals surface area contributed by atoms with Gasteiger partial charge in [-0.3, -0.25) is 4.79 Å². The summed E-state index contributed by atoms with van der Waals surface area (Å²) in [6.07, 6.45) is 3.89. The highest BCUT2D eigenvalue weighted by molar-refractivity contribution is 7.89. The van der Waals surface area contributed by atoms with E-state index in [4.69, 9.17) is 4.74 Å². The molecule has 0 spiro atoms. The molecule has 7 heteroatoms. The molecule has 2 saturated heterocycles. The van der Waals surface area contributed by atoms with Gasteiger partial charge in [-0.2, -0.15) is 4.31 Å². The van der Waals surface area contributed by atoms with Crippen molar-refractivity contribution >= 4 is 15.9 Å². The molecule has 6 nitrogen and oxygen atoms in total. The summed E-state index contributed by atoms with van der Waals surface area (Å²) >= 11 is 0.